The van der Waals surface area contributed by atoms with Crippen LogP contribution in [0.2, 0.25) is 0 Å². The molecule has 0 radical (unpaired) electrons. The second-order valence-electron chi connectivity index (χ2n) is 3.83. The van der Waals surface area contributed by atoms with Gasteiger partial charge in [-0.2, -0.15) is 0 Å². The summed E-state index contributed by atoms with van der Waals surface area (Å²) in [5.74, 6) is -6.18. The molecule has 0 spiro atoms. The number of nitrogens with one attached hydrogen (secondary N) is 2. The summed E-state index contributed by atoms with van der Waals surface area (Å²) >= 11 is 0. The normalized spacial score (nSPS) is 11.7. The smallest absolute Gasteiger partial charge is 0.550 e. The molecule has 0 fully saturated rings. The standard InChI is InChI=1S/C10H16N2O8.3Na/c13-7(14)3-5(9(17)18)11-1-2-12-6(10(19)20)4-8(15)16;;;/h5-6,11-12H,1-4H2,(H,13,14)(H,15,16)(H,17,18)(H,19,20);;;/q;3*+1/p-3. The van der Waals surface area contributed by atoms with E-state index in [-0.39, 0.29) is 102 Å². The van der Waals surface area contributed by atoms with Crippen LogP contribution in [0.15, 0.2) is 0 Å². The van der Waals surface area contributed by atoms with E-state index in [9.17, 15) is 34.5 Å². The average molecular weight is 358 g/mol. The zero-order valence-corrected chi connectivity index (χ0v) is 19.3. The fourth-order valence-corrected chi connectivity index (χ4v) is 1.31. The molecule has 2 unspecified atom stereocenters. The molecule has 0 aliphatic rings. The minimum Gasteiger partial charge on any atom is -0.550 e. The molecule has 0 aromatic heterocycles. The van der Waals surface area contributed by atoms with Crippen molar-refractivity contribution in [1.29, 1.82) is 0 Å². The van der Waals surface area contributed by atoms with E-state index in [4.69, 9.17) is 5.11 Å². The Balaban J connectivity index is -0.000000602. The summed E-state index contributed by atoms with van der Waals surface area (Å²) in [4.78, 5) is 41.7. The molecule has 0 aliphatic heterocycles. The van der Waals surface area contributed by atoms with Crippen molar-refractivity contribution in [2.24, 2.45) is 0 Å². The van der Waals surface area contributed by atoms with Crippen LogP contribution >= 0.6 is 0 Å². The van der Waals surface area contributed by atoms with Gasteiger partial charge in [0.05, 0.1) is 30.4 Å². The van der Waals surface area contributed by atoms with E-state index in [0.717, 1.165) is 0 Å². The van der Waals surface area contributed by atoms with Gasteiger partial charge in [-0.1, -0.05) is 0 Å². The van der Waals surface area contributed by atoms with Gasteiger partial charge in [0.1, 0.15) is 0 Å². The molecule has 0 aromatic carbocycles. The van der Waals surface area contributed by atoms with Crippen molar-refractivity contribution in [1.82, 2.24) is 10.6 Å². The first-order chi connectivity index (χ1) is 9.23. The maximum Gasteiger partial charge on any atom is 1.00 e. The van der Waals surface area contributed by atoms with E-state index in [2.05, 4.69) is 10.6 Å². The van der Waals surface area contributed by atoms with Crippen molar-refractivity contribution in [2.45, 2.75) is 24.9 Å². The molecule has 0 aromatic rings. The van der Waals surface area contributed by atoms with Gasteiger partial charge in [0.25, 0.3) is 0 Å². The molecule has 0 aliphatic carbocycles. The summed E-state index contributed by atoms with van der Waals surface area (Å²) in [6.45, 7) is -0.224. The van der Waals surface area contributed by atoms with E-state index in [1.165, 1.54) is 0 Å². The predicted molar refractivity (Wildman–Crippen MR) is 55.5 cm³/mol. The molecule has 2 atom stereocenters. The van der Waals surface area contributed by atoms with Crippen LogP contribution in [0, 0.1) is 0 Å². The fraction of sp³-hybridized carbons (Fsp3) is 0.600. The number of aliphatic carboxylic acids is 4. The van der Waals surface area contributed by atoms with E-state index < -0.39 is 48.8 Å². The summed E-state index contributed by atoms with van der Waals surface area (Å²) in [6, 6.07) is -2.92. The van der Waals surface area contributed by atoms with Crippen LogP contribution in [0.3, 0.4) is 0 Å². The number of rotatable bonds is 11. The second-order valence-corrected chi connectivity index (χ2v) is 3.83. The number of carbonyl (C=O) groups excluding carboxylic acids is 3. The topological polar surface area (TPSA) is 182 Å². The first-order valence-corrected chi connectivity index (χ1v) is 5.54. The number of carbonyl (C=O) groups is 4. The van der Waals surface area contributed by atoms with Crippen LogP contribution in [-0.2, 0) is 19.2 Å². The van der Waals surface area contributed by atoms with E-state index >= 15 is 0 Å². The maximum atomic E-state index is 10.6. The number of carboxylic acids is 4. The Labute approximate surface area is 198 Å². The Bertz CT molecular complexity index is 360. The van der Waals surface area contributed by atoms with Gasteiger partial charge < -0.3 is 45.4 Å². The molecule has 23 heavy (non-hydrogen) atoms. The number of hydrogen-bond donors (Lipinski definition) is 3. The molecule has 0 saturated carbocycles. The van der Waals surface area contributed by atoms with Gasteiger partial charge in [0.2, 0.25) is 0 Å². The Morgan fingerprint density at radius 3 is 1.39 bits per heavy atom. The molecule has 0 amide bonds. The molecule has 13 heteroatoms. The van der Waals surface area contributed by atoms with Crippen LogP contribution < -0.4 is 115 Å². The summed E-state index contributed by atoms with van der Waals surface area (Å²) in [6.07, 6.45) is -1.51. The maximum absolute atomic E-state index is 10.6. The van der Waals surface area contributed by atoms with Crippen molar-refractivity contribution < 1.29 is 128 Å². The van der Waals surface area contributed by atoms with Crippen LogP contribution in [0.5, 0.6) is 0 Å². The van der Waals surface area contributed by atoms with Crippen molar-refractivity contribution in [3.05, 3.63) is 0 Å². The Kier molecular flexibility index (Phi) is 24.2. The summed E-state index contributed by atoms with van der Waals surface area (Å²) < 4.78 is 0. The molecule has 0 bridgehead atoms. The SMILES string of the molecule is O=C([O-])CC(NCCNC(CC(=O)O)C(=O)[O-])C(=O)[O-].[Na+].[Na+].[Na+]. The molecule has 0 heterocycles. The molecular weight excluding hydrogens is 345 g/mol. The third-order valence-electron chi connectivity index (χ3n) is 2.23. The zero-order valence-electron chi connectivity index (χ0n) is 13.3. The Morgan fingerprint density at radius 1 is 0.783 bits per heavy atom. The first kappa shape index (κ1) is 31.6. The summed E-state index contributed by atoms with van der Waals surface area (Å²) in [5, 5.41) is 44.4. The van der Waals surface area contributed by atoms with E-state index in [0.29, 0.717) is 0 Å². The van der Waals surface area contributed by atoms with Crippen molar-refractivity contribution in [3.63, 3.8) is 0 Å². The summed E-state index contributed by atoms with van der Waals surface area (Å²) in [7, 11) is 0. The second kappa shape index (κ2) is 17.6. The van der Waals surface area contributed by atoms with Gasteiger partial charge in [-0.15, -0.1) is 0 Å². The van der Waals surface area contributed by atoms with Crippen LogP contribution in [0.1, 0.15) is 12.8 Å². The quantitative estimate of drug-likeness (QED) is 0.237. The Hall–Kier alpha value is 0.800. The molecule has 114 valence electrons. The fourth-order valence-electron chi connectivity index (χ4n) is 1.31. The van der Waals surface area contributed by atoms with Gasteiger partial charge in [-0.25, -0.2) is 0 Å². The minimum absolute atomic E-state index is 0. The van der Waals surface area contributed by atoms with Gasteiger partial charge in [-0.3, -0.25) is 4.79 Å². The van der Waals surface area contributed by atoms with Gasteiger partial charge in [0.15, 0.2) is 0 Å². The first-order valence-electron chi connectivity index (χ1n) is 5.54. The predicted octanol–water partition coefficient (Wildman–Crippen LogP) is -15.0. The van der Waals surface area contributed by atoms with Crippen molar-refractivity contribution in [3.8, 4) is 0 Å². The number of hydrogen-bond acceptors (Lipinski definition) is 9. The Morgan fingerprint density at radius 2 is 1.13 bits per heavy atom. The van der Waals surface area contributed by atoms with Crippen molar-refractivity contribution >= 4 is 23.9 Å². The molecule has 0 rings (SSSR count). The molecule has 3 N–H and O–H groups in total. The average Bonchev–Trinajstić information content (AvgIpc) is 2.29. The minimum atomic E-state index is -1.64. The van der Waals surface area contributed by atoms with E-state index in [1.54, 1.807) is 0 Å². The van der Waals surface area contributed by atoms with Crippen LogP contribution in [0.25, 0.3) is 0 Å². The monoisotopic (exact) mass is 358 g/mol. The van der Waals surface area contributed by atoms with Crippen LogP contribution in [-0.4, -0.2) is 54.2 Å². The molecule has 0 saturated heterocycles. The largest absolute Gasteiger partial charge is 1.00 e. The van der Waals surface area contributed by atoms with Gasteiger partial charge >= 0.3 is 94.6 Å². The van der Waals surface area contributed by atoms with Gasteiger partial charge in [0, 0.05) is 25.5 Å². The van der Waals surface area contributed by atoms with Crippen molar-refractivity contribution in [2.75, 3.05) is 13.1 Å². The molecular formula is C10H13N2Na3O8. The summed E-state index contributed by atoms with van der Waals surface area (Å²) in [5.41, 5.74) is 0. The molecule has 10 nitrogen and oxygen atoms in total. The van der Waals surface area contributed by atoms with E-state index in [1.807, 2.05) is 0 Å². The third-order valence-corrected chi connectivity index (χ3v) is 2.23. The van der Waals surface area contributed by atoms with Gasteiger partial charge in [-0.05, 0) is 0 Å². The number of carboxylic acid groups (broad SMARTS) is 4. The van der Waals surface area contributed by atoms with Crippen LogP contribution in [0.4, 0.5) is 0 Å². The zero-order chi connectivity index (χ0) is 15.7. The third kappa shape index (κ3) is 17.4.